The Morgan fingerprint density at radius 3 is 2.54 bits per heavy atom. The van der Waals surface area contributed by atoms with Gasteiger partial charge in [0.1, 0.15) is 10.5 Å². The quantitative estimate of drug-likeness (QED) is 0.533. The molecule has 138 valence electrons. The molecule has 0 saturated heterocycles. The van der Waals surface area contributed by atoms with E-state index in [0.29, 0.717) is 10.3 Å². The number of aromatic nitrogens is 2. The van der Waals surface area contributed by atoms with Gasteiger partial charge in [0, 0.05) is 5.56 Å². The number of hydrogen-bond acceptors (Lipinski definition) is 5. The lowest BCUT2D eigenvalue weighted by Crippen LogP contribution is -2.20. The zero-order valence-corrected chi connectivity index (χ0v) is 15.2. The van der Waals surface area contributed by atoms with Gasteiger partial charge in [0.15, 0.2) is 11.5 Å². The van der Waals surface area contributed by atoms with Gasteiger partial charge in [-0.15, -0.1) is 24.8 Å². The Morgan fingerprint density at radius 2 is 1.96 bits per heavy atom. The third-order valence-electron chi connectivity index (χ3n) is 2.94. The predicted octanol–water partition coefficient (Wildman–Crippen LogP) is 3.74. The van der Waals surface area contributed by atoms with Gasteiger partial charge in [-0.25, -0.2) is 4.98 Å². The van der Waals surface area contributed by atoms with E-state index in [-0.39, 0.29) is 17.7 Å². The number of carbonyl (C=O) groups is 2. The number of ether oxygens (including phenoxy) is 1. The summed E-state index contributed by atoms with van der Waals surface area (Å²) < 4.78 is 41.8. The van der Waals surface area contributed by atoms with Gasteiger partial charge in [-0.05, 0) is 34.1 Å². The number of amides is 1. The number of rotatable bonds is 6. The fourth-order valence-corrected chi connectivity index (χ4v) is 2.17. The Labute approximate surface area is 158 Å². The van der Waals surface area contributed by atoms with Crippen molar-refractivity contribution >= 4 is 44.9 Å². The van der Waals surface area contributed by atoms with Crippen LogP contribution in [0.3, 0.4) is 0 Å². The van der Waals surface area contributed by atoms with E-state index in [1.807, 2.05) is 0 Å². The molecule has 0 atom stereocenters. The maximum Gasteiger partial charge on any atom is 0.573 e. The molecule has 0 aliphatic carbocycles. The van der Waals surface area contributed by atoms with Gasteiger partial charge in [-0.3, -0.25) is 14.6 Å². The maximum absolute atomic E-state index is 12.5. The first-order chi connectivity index (χ1) is 12.2. The van der Waals surface area contributed by atoms with Gasteiger partial charge in [-0.1, -0.05) is 0 Å². The number of alkyl halides is 4. The Balaban J connectivity index is 2.27. The van der Waals surface area contributed by atoms with Crippen molar-refractivity contribution in [1.82, 2.24) is 9.97 Å². The van der Waals surface area contributed by atoms with Gasteiger partial charge in [0.05, 0.1) is 30.2 Å². The molecule has 0 radical (unpaired) electrons. The summed E-state index contributed by atoms with van der Waals surface area (Å²) >= 11 is 8.46. The summed E-state index contributed by atoms with van der Waals surface area (Å²) in [5.41, 5.74) is 0.120. The molecule has 1 heterocycles. The van der Waals surface area contributed by atoms with Crippen LogP contribution in [0.1, 0.15) is 16.1 Å². The lowest BCUT2D eigenvalue weighted by molar-refractivity contribution is -0.274. The van der Waals surface area contributed by atoms with Crippen molar-refractivity contribution in [2.75, 3.05) is 11.2 Å². The van der Waals surface area contributed by atoms with E-state index < -0.39 is 29.7 Å². The molecule has 1 N–H and O–H groups in total. The molecular formula is C15H10BrClF3N3O3. The molecular weight excluding hydrogens is 443 g/mol. The summed E-state index contributed by atoms with van der Waals surface area (Å²) in [6.07, 6.45) is -2.28. The van der Waals surface area contributed by atoms with Crippen molar-refractivity contribution in [3.8, 4) is 5.75 Å². The summed E-state index contributed by atoms with van der Waals surface area (Å²) in [6, 6.07) is 3.18. The van der Waals surface area contributed by atoms with Crippen LogP contribution in [0, 0.1) is 0 Å². The molecule has 0 aliphatic rings. The third kappa shape index (κ3) is 5.95. The molecule has 0 spiro atoms. The van der Waals surface area contributed by atoms with Crippen molar-refractivity contribution < 1.29 is 27.5 Å². The summed E-state index contributed by atoms with van der Waals surface area (Å²) in [6.45, 7) is 0. The first-order valence-electron chi connectivity index (χ1n) is 6.93. The van der Waals surface area contributed by atoms with Crippen LogP contribution in [0.2, 0.25) is 0 Å². The van der Waals surface area contributed by atoms with Gasteiger partial charge in [0.2, 0.25) is 5.91 Å². The van der Waals surface area contributed by atoms with Crippen LogP contribution in [0.15, 0.2) is 35.2 Å². The number of ketones is 1. The van der Waals surface area contributed by atoms with Crippen LogP contribution in [0.4, 0.5) is 18.9 Å². The standard InChI is InChI=1S/C15H10BrClF3N3O3/c16-13-7-21-9(6-22-13)4-11(24)8-1-2-12(26-15(18,19)20)10(3-8)23-14(25)5-17/h1-3,6-7H,4-5H2,(H,23,25). The van der Waals surface area contributed by atoms with Crippen LogP contribution < -0.4 is 10.1 Å². The van der Waals surface area contributed by atoms with Crippen molar-refractivity contribution in [3.05, 3.63) is 46.5 Å². The van der Waals surface area contributed by atoms with Crippen molar-refractivity contribution in [3.63, 3.8) is 0 Å². The smallest absolute Gasteiger partial charge is 0.404 e. The van der Waals surface area contributed by atoms with Crippen LogP contribution in [0.5, 0.6) is 5.75 Å². The van der Waals surface area contributed by atoms with E-state index in [1.54, 1.807) is 0 Å². The number of anilines is 1. The van der Waals surface area contributed by atoms with Gasteiger partial charge < -0.3 is 10.1 Å². The molecule has 26 heavy (non-hydrogen) atoms. The van der Waals surface area contributed by atoms with Crippen LogP contribution in [-0.2, 0) is 11.2 Å². The summed E-state index contributed by atoms with van der Waals surface area (Å²) in [4.78, 5) is 31.7. The van der Waals surface area contributed by atoms with Gasteiger partial charge in [-0.2, -0.15) is 0 Å². The number of nitrogens with one attached hydrogen (secondary N) is 1. The molecule has 1 amide bonds. The number of nitrogens with zero attached hydrogens (tertiary/aromatic N) is 2. The number of halogens is 5. The van der Waals surface area contributed by atoms with Crippen molar-refractivity contribution in [1.29, 1.82) is 0 Å². The van der Waals surface area contributed by atoms with E-state index in [2.05, 4.69) is 36.0 Å². The average molecular weight is 453 g/mol. The molecule has 2 rings (SSSR count). The number of carbonyl (C=O) groups excluding carboxylic acids is 2. The minimum atomic E-state index is -4.96. The van der Waals surface area contributed by atoms with E-state index in [0.717, 1.165) is 18.2 Å². The highest BCUT2D eigenvalue weighted by Gasteiger charge is 2.32. The second kappa shape index (κ2) is 8.45. The fourth-order valence-electron chi connectivity index (χ4n) is 1.90. The molecule has 0 bridgehead atoms. The third-order valence-corrected chi connectivity index (χ3v) is 3.59. The first kappa shape index (κ1) is 20.1. The zero-order valence-electron chi connectivity index (χ0n) is 12.8. The maximum atomic E-state index is 12.5. The molecule has 6 nitrogen and oxygen atoms in total. The van der Waals surface area contributed by atoms with Gasteiger partial charge >= 0.3 is 6.36 Å². The van der Waals surface area contributed by atoms with E-state index >= 15 is 0 Å². The largest absolute Gasteiger partial charge is 0.573 e. The van der Waals surface area contributed by atoms with Crippen LogP contribution in [-0.4, -0.2) is 33.9 Å². The molecule has 11 heteroatoms. The summed E-state index contributed by atoms with van der Waals surface area (Å²) in [5, 5.41) is 2.17. The minimum absolute atomic E-state index is 0.0640. The van der Waals surface area contributed by atoms with E-state index in [1.165, 1.54) is 12.4 Å². The Bertz CT molecular complexity index is 816. The highest BCUT2D eigenvalue weighted by Crippen LogP contribution is 2.31. The molecule has 1 aromatic heterocycles. The second-order valence-corrected chi connectivity index (χ2v) is 5.95. The topological polar surface area (TPSA) is 81.2 Å². The highest BCUT2D eigenvalue weighted by atomic mass is 79.9. The Kier molecular flexibility index (Phi) is 6.54. The predicted molar refractivity (Wildman–Crippen MR) is 90.2 cm³/mol. The lowest BCUT2D eigenvalue weighted by Gasteiger charge is -2.14. The van der Waals surface area contributed by atoms with Gasteiger partial charge in [0.25, 0.3) is 0 Å². The molecule has 2 aromatic rings. The SMILES string of the molecule is O=C(CCl)Nc1cc(C(=O)Cc2cnc(Br)cn2)ccc1OC(F)(F)F. The minimum Gasteiger partial charge on any atom is -0.404 e. The summed E-state index contributed by atoms with van der Waals surface area (Å²) in [7, 11) is 0. The van der Waals surface area contributed by atoms with E-state index in [4.69, 9.17) is 11.6 Å². The van der Waals surface area contributed by atoms with Crippen LogP contribution >= 0.6 is 27.5 Å². The Hall–Kier alpha value is -2.20. The monoisotopic (exact) mass is 451 g/mol. The molecule has 0 aliphatic heterocycles. The molecule has 0 fully saturated rings. The highest BCUT2D eigenvalue weighted by molar-refractivity contribution is 9.10. The lowest BCUT2D eigenvalue weighted by atomic mass is 10.1. The Morgan fingerprint density at radius 1 is 1.23 bits per heavy atom. The summed E-state index contributed by atoms with van der Waals surface area (Å²) in [5.74, 6) is -2.31. The first-order valence-corrected chi connectivity index (χ1v) is 8.26. The number of Topliss-reactive ketones (excluding diaryl/α,β-unsaturated/α-hetero) is 1. The fraction of sp³-hybridized carbons (Fsp3) is 0.200. The number of benzene rings is 1. The molecule has 1 aromatic carbocycles. The normalized spacial score (nSPS) is 11.1. The second-order valence-electron chi connectivity index (χ2n) is 4.87. The van der Waals surface area contributed by atoms with Crippen molar-refractivity contribution in [2.24, 2.45) is 0 Å². The number of hydrogen-bond donors (Lipinski definition) is 1. The molecule has 0 saturated carbocycles. The van der Waals surface area contributed by atoms with E-state index in [9.17, 15) is 22.8 Å². The molecule has 0 unspecified atom stereocenters. The van der Waals surface area contributed by atoms with Crippen molar-refractivity contribution in [2.45, 2.75) is 12.8 Å². The van der Waals surface area contributed by atoms with Crippen LogP contribution in [0.25, 0.3) is 0 Å². The average Bonchev–Trinajstić information content (AvgIpc) is 2.57. The zero-order chi connectivity index (χ0) is 19.3.